The van der Waals surface area contributed by atoms with Crippen molar-refractivity contribution in [3.05, 3.63) is 58.1 Å². The highest BCUT2D eigenvalue weighted by Crippen LogP contribution is 2.51. The lowest BCUT2D eigenvalue weighted by atomic mass is 9.96. The molecule has 152 valence electrons. The second kappa shape index (κ2) is 7.43. The van der Waals surface area contributed by atoms with Crippen LogP contribution in [0.2, 0.25) is 0 Å². The number of halogens is 5. The Hall–Kier alpha value is -2.02. The Bertz CT molecular complexity index is 834. The van der Waals surface area contributed by atoms with E-state index in [1.54, 1.807) is 7.05 Å². The Morgan fingerprint density at radius 3 is 2.61 bits per heavy atom. The van der Waals surface area contributed by atoms with Crippen molar-refractivity contribution in [3.63, 3.8) is 0 Å². The molecule has 3 rings (SSSR count). The Balaban J connectivity index is 1.83. The SMILES string of the molecule is C=N/C(=C\C1=C(Cc2ccc(F)c(C(F)(F)F)c2)[C@H]1C)C(CNC)C1(F)CC1. The highest BCUT2D eigenvalue weighted by molar-refractivity contribution is 5.52. The van der Waals surface area contributed by atoms with Crippen LogP contribution >= 0.6 is 0 Å². The Kier molecular flexibility index (Phi) is 5.49. The highest BCUT2D eigenvalue weighted by Gasteiger charge is 2.51. The second-order valence-corrected chi connectivity index (χ2v) is 7.56. The third-order valence-corrected chi connectivity index (χ3v) is 5.61. The molecule has 0 saturated heterocycles. The van der Waals surface area contributed by atoms with Gasteiger partial charge < -0.3 is 5.32 Å². The molecule has 1 N–H and O–H groups in total. The van der Waals surface area contributed by atoms with Crippen LogP contribution in [-0.4, -0.2) is 26.0 Å². The Morgan fingerprint density at radius 2 is 2.07 bits per heavy atom. The molecule has 1 saturated carbocycles. The molecular formula is C21H23F5N2. The summed E-state index contributed by atoms with van der Waals surface area (Å²) in [6, 6.07) is 3.06. The summed E-state index contributed by atoms with van der Waals surface area (Å²) in [5, 5.41) is 2.98. The summed E-state index contributed by atoms with van der Waals surface area (Å²) in [6.45, 7) is 5.94. The molecular weight excluding hydrogens is 375 g/mol. The van der Waals surface area contributed by atoms with E-state index >= 15 is 0 Å². The van der Waals surface area contributed by atoms with Crippen molar-refractivity contribution in [3.8, 4) is 0 Å². The van der Waals surface area contributed by atoms with Crippen LogP contribution in [0.15, 0.2) is 46.1 Å². The van der Waals surface area contributed by atoms with E-state index in [1.165, 1.54) is 6.07 Å². The zero-order valence-corrected chi connectivity index (χ0v) is 15.8. The third-order valence-electron chi connectivity index (χ3n) is 5.61. The smallest absolute Gasteiger partial charge is 0.319 e. The van der Waals surface area contributed by atoms with E-state index < -0.39 is 29.1 Å². The number of benzene rings is 1. The number of nitrogens with zero attached hydrogens (tertiary/aromatic N) is 1. The number of hydrogen-bond acceptors (Lipinski definition) is 2. The summed E-state index contributed by atoms with van der Waals surface area (Å²) < 4.78 is 66.9. The van der Waals surface area contributed by atoms with Crippen molar-refractivity contribution >= 4 is 6.72 Å². The van der Waals surface area contributed by atoms with Crippen LogP contribution in [0.25, 0.3) is 0 Å². The van der Waals surface area contributed by atoms with Crippen molar-refractivity contribution in [1.29, 1.82) is 0 Å². The summed E-state index contributed by atoms with van der Waals surface area (Å²) in [7, 11) is 1.75. The number of rotatable bonds is 8. The van der Waals surface area contributed by atoms with Gasteiger partial charge in [-0.15, -0.1) is 0 Å². The summed E-state index contributed by atoms with van der Waals surface area (Å²) in [5.74, 6) is -1.61. The third kappa shape index (κ3) is 4.19. The first-order valence-corrected chi connectivity index (χ1v) is 9.21. The normalized spacial score (nSPS) is 22.2. The fourth-order valence-electron chi connectivity index (χ4n) is 3.65. The molecule has 2 atom stereocenters. The maximum atomic E-state index is 14.7. The number of alkyl halides is 4. The summed E-state index contributed by atoms with van der Waals surface area (Å²) in [6.07, 6.45) is -1.65. The van der Waals surface area contributed by atoms with Crippen molar-refractivity contribution in [2.45, 2.75) is 38.0 Å². The molecule has 0 aliphatic heterocycles. The summed E-state index contributed by atoms with van der Waals surface area (Å²) in [4.78, 5) is 4.03. The van der Waals surface area contributed by atoms with Crippen molar-refractivity contribution < 1.29 is 22.0 Å². The molecule has 28 heavy (non-hydrogen) atoms. The fraction of sp³-hybridized carbons (Fsp3) is 0.476. The van der Waals surface area contributed by atoms with Gasteiger partial charge in [0.15, 0.2) is 0 Å². The van der Waals surface area contributed by atoms with E-state index in [-0.39, 0.29) is 12.3 Å². The zero-order chi connectivity index (χ0) is 20.7. The van der Waals surface area contributed by atoms with Gasteiger partial charge in [0.2, 0.25) is 0 Å². The van der Waals surface area contributed by atoms with Gasteiger partial charge in [0.05, 0.1) is 5.56 Å². The van der Waals surface area contributed by atoms with Gasteiger partial charge in [0.25, 0.3) is 0 Å². The first-order chi connectivity index (χ1) is 13.1. The topological polar surface area (TPSA) is 24.4 Å². The van der Waals surface area contributed by atoms with Crippen molar-refractivity contribution in [2.75, 3.05) is 13.6 Å². The van der Waals surface area contributed by atoms with Gasteiger partial charge in [-0.25, -0.2) is 8.78 Å². The quantitative estimate of drug-likeness (QED) is 0.469. The first-order valence-electron chi connectivity index (χ1n) is 9.21. The zero-order valence-electron chi connectivity index (χ0n) is 15.8. The van der Waals surface area contributed by atoms with E-state index in [4.69, 9.17) is 0 Å². The van der Waals surface area contributed by atoms with Crippen LogP contribution in [0.4, 0.5) is 22.0 Å². The van der Waals surface area contributed by atoms with E-state index in [9.17, 15) is 22.0 Å². The van der Waals surface area contributed by atoms with Gasteiger partial charge in [0, 0.05) is 24.1 Å². The van der Waals surface area contributed by atoms with Crippen LogP contribution in [0.5, 0.6) is 0 Å². The van der Waals surface area contributed by atoms with E-state index in [0.717, 1.165) is 23.3 Å². The number of nitrogens with one attached hydrogen (secondary N) is 1. The maximum Gasteiger partial charge on any atom is 0.419 e. The minimum absolute atomic E-state index is 0.0705. The van der Waals surface area contributed by atoms with Gasteiger partial charge in [-0.1, -0.05) is 18.6 Å². The largest absolute Gasteiger partial charge is 0.419 e. The number of allylic oxidation sites excluding steroid dienone is 3. The number of aliphatic imine (C=N–C) groups is 1. The summed E-state index contributed by atoms with van der Waals surface area (Å²) in [5.41, 5.74) is 0.308. The number of hydrogen-bond donors (Lipinski definition) is 1. The van der Waals surface area contributed by atoms with Crippen LogP contribution < -0.4 is 5.32 Å². The van der Waals surface area contributed by atoms with Gasteiger partial charge in [0.1, 0.15) is 11.5 Å². The van der Waals surface area contributed by atoms with Crippen LogP contribution in [0, 0.1) is 17.7 Å². The molecule has 0 amide bonds. The molecule has 7 heteroatoms. The van der Waals surface area contributed by atoms with Crippen molar-refractivity contribution in [1.82, 2.24) is 5.32 Å². The maximum absolute atomic E-state index is 14.7. The molecule has 0 heterocycles. The molecule has 1 aromatic carbocycles. The Morgan fingerprint density at radius 1 is 1.39 bits per heavy atom. The lowest BCUT2D eigenvalue weighted by Crippen LogP contribution is -2.29. The highest BCUT2D eigenvalue weighted by atomic mass is 19.4. The molecule has 1 aromatic rings. The predicted octanol–water partition coefficient (Wildman–Crippen LogP) is 5.26. The van der Waals surface area contributed by atoms with Crippen molar-refractivity contribution in [2.24, 2.45) is 16.8 Å². The molecule has 1 fully saturated rings. The van der Waals surface area contributed by atoms with Gasteiger partial charge in [-0.05, 0) is 62.4 Å². The molecule has 2 nitrogen and oxygen atoms in total. The van der Waals surface area contributed by atoms with E-state index in [2.05, 4.69) is 17.0 Å². The lowest BCUT2D eigenvalue weighted by molar-refractivity contribution is -0.140. The first kappa shape index (κ1) is 20.7. The minimum atomic E-state index is -4.73. The van der Waals surface area contributed by atoms with E-state index in [1.807, 2.05) is 13.0 Å². The van der Waals surface area contributed by atoms with Crippen LogP contribution in [0.1, 0.15) is 30.9 Å². The molecule has 0 radical (unpaired) electrons. The van der Waals surface area contributed by atoms with Gasteiger partial charge in [-0.3, -0.25) is 4.99 Å². The molecule has 1 unspecified atom stereocenters. The summed E-state index contributed by atoms with van der Waals surface area (Å²) >= 11 is 0. The van der Waals surface area contributed by atoms with E-state index in [0.29, 0.717) is 30.6 Å². The van der Waals surface area contributed by atoms with Crippen LogP contribution in [0.3, 0.4) is 0 Å². The van der Waals surface area contributed by atoms with Gasteiger partial charge >= 0.3 is 6.18 Å². The predicted molar refractivity (Wildman–Crippen MR) is 99.4 cm³/mol. The molecule has 0 aromatic heterocycles. The minimum Gasteiger partial charge on any atom is -0.319 e. The van der Waals surface area contributed by atoms with Gasteiger partial charge in [-0.2, -0.15) is 13.2 Å². The molecule has 2 aliphatic carbocycles. The lowest BCUT2D eigenvalue weighted by Gasteiger charge is -2.20. The standard InChI is InChI=1S/C21H23F5N2/c1-12-14(8-13-4-5-18(22)16(9-13)21(24,25)26)15(12)10-19(28-3)17(11-27-2)20(23)6-7-20/h4-5,9-10,12,17,27H,3,6-8,11H2,1-2H3/b19-10-/t12-,17?/m1/s1. The van der Waals surface area contributed by atoms with Crippen LogP contribution in [-0.2, 0) is 12.6 Å². The Labute approximate surface area is 161 Å². The molecule has 0 bridgehead atoms. The molecule has 0 spiro atoms. The average Bonchev–Trinajstić information content (AvgIpc) is 3.51. The monoisotopic (exact) mass is 398 g/mol. The molecule has 2 aliphatic rings. The fourth-order valence-corrected chi connectivity index (χ4v) is 3.65. The second-order valence-electron chi connectivity index (χ2n) is 7.56. The average molecular weight is 398 g/mol.